The van der Waals surface area contributed by atoms with E-state index in [0.717, 1.165) is 51.6 Å². The van der Waals surface area contributed by atoms with Crippen LogP contribution in [0.25, 0.3) is 10.2 Å². The lowest BCUT2D eigenvalue weighted by Gasteiger charge is -2.35. The van der Waals surface area contributed by atoms with E-state index in [1.807, 2.05) is 48.4 Å². The minimum absolute atomic E-state index is 0.0584. The number of thiophene rings is 1. The van der Waals surface area contributed by atoms with Crippen molar-refractivity contribution in [2.24, 2.45) is 0 Å². The van der Waals surface area contributed by atoms with Crippen molar-refractivity contribution in [3.8, 4) is 5.75 Å². The number of aryl methyl sites for hydroxylation is 2. The zero-order valence-electron chi connectivity index (χ0n) is 18.7. The van der Waals surface area contributed by atoms with Crippen molar-refractivity contribution < 1.29 is 9.53 Å². The fourth-order valence-electron chi connectivity index (χ4n) is 4.27. The molecule has 0 N–H and O–H groups in total. The molecule has 1 saturated heterocycles. The molecule has 0 saturated carbocycles. The van der Waals surface area contributed by atoms with Crippen LogP contribution in [0.3, 0.4) is 0 Å². The average Bonchev–Trinajstić information content (AvgIpc) is 3.33. The van der Waals surface area contributed by atoms with E-state index in [9.17, 15) is 4.79 Å². The van der Waals surface area contributed by atoms with Crippen molar-refractivity contribution in [1.29, 1.82) is 0 Å². The number of pyridine rings is 1. The number of rotatable bonds is 5. The van der Waals surface area contributed by atoms with Crippen molar-refractivity contribution in [2.45, 2.75) is 20.5 Å². The van der Waals surface area contributed by atoms with Crippen LogP contribution in [0.1, 0.15) is 27.0 Å². The Morgan fingerprint density at radius 1 is 1.09 bits per heavy atom. The number of benzene rings is 1. The summed E-state index contributed by atoms with van der Waals surface area (Å²) in [5, 5.41) is 3.12. The van der Waals surface area contributed by atoms with Crippen molar-refractivity contribution in [3.05, 3.63) is 76.7 Å². The van der Waals surface area contributed by atoms with Crippen LogP contribution in [0.4, 0.5) is 5.82 Å². The molecule has 0 radical (unpaired) electrons. The summed E-state index contributed by atoms with van der Waals surface area (Å²) in [6.45, 7) is 7.24. The molecule has 0 bridgehead atoms. The van der Waals surface area contributed by atoms with Crippen LogP contribution >= 0.6 is 11.3 Å². The minimum Gasteiger partial charge on any atom is -0.488 e. The number of aromatic nitrogens is 3. The Bertz CT molecular complexity index is 1260. The summed E-state index contributed by atoms with van der Waals surface area (Å²) in [5.41, 5.74) is 3.63. The Kier molecular flexibility index (Phi) is 5.92. The molecule has 3 aromatic heterocycles. The minimum atomic E-state index is 0.0584. The predicted molar refractivity (Wildman–Crippen MR) is 130 cm³/mol. The zero-order valence-corrected chi connectivity index (χ0v) is 19.5. The third-order valence-corrected chi connectivity index (χ3v) is 6.74. The summed E-state index contributed by atoms with van der Waals surface area (Å²) in [5.74, 6) is 1.84. The fraction of sp³-hybridized carbons (Fsp3) is 0.280. The van der Waals surface area contributed by atoms with Crippen molar-refractivity contribution in [2.75, 3.05) is 31.1 Å². The Hall–Kier alpha value is -3.52. The number of nitrogens with zero attached hydrogens (tertiary/aromatic N) is 5. The SMILES string of the molecule is Cc1cc(C(=O)N2CCN(c3ncnc4sccc34)CC2)cc(C)c1OCc1cccnc1. The highest BCUT2D eigenvalue weighted by molar-refractivity contribution is 7.16. The molecule has 168 valence electrons. The third kappa shape index (κ3) is 4.39. The van der Waals surface area contributed by atoms with Gasteiger partial charge >= 0.3 is 0 Å². The van der Waals surface area contributed by atoms with Gasteiger partial charge < -0.3 is 14.5 Å². The second-order valence-corrected chi connectivity index (χ2v) is 9.10. The molecular weight excluding hydrogens is 434 g/mol. The quantitative estimate of drug-likeness (QED) is 0.444. The van der Waals surface area contributed by atoms with Crippen molar-refractivity contribution in [1.82, 2.24) is 19.9 Å². The molecule has 4 heterocycles. The van der Waals surface area contributed by atoms with Gasteiger partial charge in [0, 0.05) is 49.7 Å². The summed E-state index contributed by atoms with van der Waals surface area (Å²) < 4.78 is 6.04. The van der Waals surface area contributed by atoms with Crippen LogP contribution in [0.5, 0.6) is 5.75 Å². The summed E-state index contributed by atoms with van der Waals surface area (Å²) in [7, 11) is 0. The second kappa shape index (κ2) is 9.15. The lowest BCUT2D eigenvalue weighted by Crippen LogP contribution is -2.49. The van der Waals surface area contributed by atoms with Gasteiger partial charge in [0.25, 0.3) is 5.91 Å². The smallest absolute Gasteiger partial charge is 0.253 e. The van der Waals surface area contributed by atoms with Crippen LogP contribution in [-0.2, 0) is 6.61 Å². The number of amides is 1. The first-order chi connectivity index (χ1) is 16.1. The summed E-state index contributed by atoms with van der Waals surface area (Å²) in [6.07, 6.45) is 5.17. The topological polar surface area (TPSA) is 71.5 Å². The fourth-order valence-corrected chi connectivity index (χ4v) is 5.00. The van der Waals surface area contributed by atoms with Crippen molar-refractivity contribution in [3.63, 3.8) is 0 Å². The van der Waals surface area contributed by atoms with E-state index in [2.05, 4.69) is 25.9 Å². The molecule has 1 aromatic carbocycles. The molecule has 0 unspecified atom stereocenters. The number of fused-ring (bicyclic) bond motifs is 1. The van der Waals surface area contributed by atoms with Gasteiger partial charge in [0.1, 0.15) is 29.3 Å². The van der Waals surface area contributed by atoms with Gasteiger partial charge in [-0.3, -0.25) is 9.78 Å². The maximum absolute atomic E-state index is 13.2. The van der Waals surface area contributed by atoms with E-state index in [4.69, 9.17) is 4.74 Å². The number of hydrogen-bond donors (Lipinski definition) is 0. The Labute approximate surface area is 196 Å². The molecule has 8 heteroatoms. The summed E-state index contributed by atoms with van der Waals surface area (Å²) in [6, 6.07) is 9.81. The van der Waals surface area contributed by atoms with Crippen molar-refractivity contribution >= 4 is 33.3 Å². The number of ether oxygens (including phenoxy) is 1. The Morgan fingerprint density at radius 3 is 2.61 bits per heavy atom. The zero-order chi connectivity index (χ0) is 22.8. The highest BCUT2D eigenvalue weighted by Crippen LogP contribution is 2.29. The maximum Gasteiger partial charge on any atom is 0.253 e. The van der Waals surface area contributed by atoms with Gasteiger partial charge in [0.2, 0.25) is 0 Å². The van der Waals surface area contributed by atoms with Crippen LogP contribution in [0, 0.1) is 13.8 Å². The van der Waals surface area contributed by atoms with E-state index in [1.165, 1.54) is 0 Å². The molecule has 1 aliphatic heterocycles. The maximum atomic E-state index is 13.2. The summed E-state index contributed by atoms with van der Waals surface area (Å²) in [4.78, 5) is 31.4. The third-order valence-electron chi connectivity index (χ3n) is 5.92. The van der Waals surface area contributed by atoms with E-state index >= 15 is 0 Å². The second-order valence-electron chi connectivity index (χ2n) is 8.21. The molecule has 0 aliphatic carbocycles. The van der Waals surface area contributed by atoms with Gasteiger partial charge in [-0.2, -0.15) is 0 Å². The predicted octanol–water partition coefficient (Wildman–Crippen LogP) is 4.24. The normalized spacial score (nSPS) is 14.0. The summed E-state index contributed by atoms with van der Waals surface area (Å²) >= 11 is 1.62. The molecule has 4 aromatic rings. The number of anilines is 1. The molecular formula is C25H25N5O2S. The van der Waals surface area contributed by atoms with Crippen LogP contribution in [0.2, 0.25) is 0 Å². The molecule has 0 atom stereocenters. The van der Waals surface area contributed by atoms with E-state index < -0.39 is 0 Å². The highest BCUT2D eigenvalue weighted by Gasteiger charge is 2.25. The lowest BCUT2D eigenvalue weighted by molar-refractivity contribution is 0.0746. The lowest BCUT2D eigenvalue weighted by atomic mass is 10.0. The molecule has 1 fully saturated rings. The van der Waals surface area contributed by atoms with Gasteiger partial charge in [0.15, 0.2) is 0 Å². The average molecular weight is 460 g/mol. The van der Waals surface area contributed by atoms with Crippen LogP contribution in [-0.4, -0.2) is 51.9 Å². The number of hydrogen-bond acceptors (Lipinski definition) is 7. The molecule has 33 heavy (non-hydrogen) atoms. The largest absolute Gasteiger partial charge is 0.488 e. The molecule has 0 spiro atoms. The monoisotopic (exact) mass is 459 g/mol. The van der Waals surface area contributed by atoms with Crippen LogP contribution in [0.15, 0.2) is 54.4 Å². The van der Waals surface area contributed by atoms with Gasteiger partial charge in [-0.25, -0.2) is 9.97 Å². The molecule has 1 aliphatic rings. The van der Waals surface area contributed by atoms with E-state index in [1.54, 1.807) is 30.1 Å². The van der Waals surface area contributed by atoms with E-state index in [0.29, 0.717) is 25.3 Å². The molecule has 5 rings (SSSR count). The van der Waals surface area contributed by atoms with E-state index in [-0.39, 0.29) is 5.91 Å². The first kappa shape index (κ1) is 21.3. The molecule has 7 nitrogen and oxygen atoms in total. The number of piperazine rings is 1. The van der Waals surface area contributed by atoms with Gasteiger partial charge in [-0.15, -0.1) is 11.3 Å². The number of carbonyl (C=O) groups is 1. The first-order valence-electron chi connectivity index (χ1n) is 11.0. The Morgan fingerprint density at radius 2 is 1.88 bits per heavy atom. The van der Waals surface area contributed by atoms with Gasteiger partial charge in [0.05, 0.1) is 5.39 Å². The van der Waals surface area contributed by atoms with Gasteiger partial charge in [-0.1, -0.05) is 6.07 Å². The number of carbonyl (C=O) groups excluding carboxylic acids is 1. The standard InChI is InChI=1S/C25H25N5O2S/c1-17-12-20(13-18(2)22(17)32-15-19-4-3-6-26-14-19)25(31)30-9-7-29(8-10-30)23-21-5-11-33-24(21)28-16-27-23/h3-6,11-14,16H,7-10,15H2,1-2H3. The Balaban J connectivity index is 1.26. The molecule has 1 amide bonds. The highest BCUT2D eigenvalue weighted by atomic mass is 32.1. The van der Waals surface area contributed by atoms with Crippen LogP contribution < -0.4 is 9.64 Å². The van der Waals surface area contributed by atoms with Gasteiger partial charge in [-0.05, 0) is 54.6 Å². The first-order valence-corrected chi connectivity index (χ1v) is 11.8.